The third-order valence-electron chi connectivity index (χ3n) is 2.88. The van der Waals surface area contributed by atoms with E-state index in [2.05, 4.69) is 21.2 Å². The Morgan fingerprint density at radius 2 is 1.95 bits per heavy atom. The van der Waals surface area contributed by atoms with Gasteiger partial charge in [-0.3, -0.25) is 0 Å². The van der Waals surface area contributed by atoms with Crippen LogP contribution in [0.5, 0.6) is 5.75 Å². The summed E-state index contributed by atoms with van der Waals surface area (Å²) in [6, 6.07) is 15.2. The highest BCUT2D eigenvalue weighted by Gasteiger charge is 2.07. The molecule has 21 heavy (non-hydrogen) atoms. The Morgan fingerprint density at radius 1 is 1.19 bits per heavy atom. The Bertz CT molecular complexity index is 602. The van der Waals surface area contributed by atoms with Crippen LogP contribution in [-0.2, 0) is 17.9 Å². The quantitative estimate of drug-likeness (QED) is 0.890. The lowest BCUT2D eigenvalue weighted by atomic mass is 10.2. The lowest BCUT2D eigenvalue weighted by Gasteiger charge is -2.10. The first-order valence-corrected chi connectivity index (χ1v) is 7.25. The minimum Gasteiger partial charge on any atom is -0.496 e. The average molecular weight is 350 g/mol. The first-order valence-electron chi connectivity index (χ1n) is 6.46. The highest BCUT2D eigenvalue weighted by Crippen LogP contribution is 2.22. The Labute approximate surface area is 132 Å². The third-order valence-corrected chi connectivity index (χ3v) is 3.37. The zero-order valence-corrected chi connectivity index (χ0v) is 13.2. The van der Waals surface area contributed by atoms with Crippen LogP contribution in [0, 0.1) is 0 Å². The number of amides is 1. The first kappa shape index (κ1) is 15.4. The lowest BCUT2D eigenvalue weighted by Crippen LogP contribution is -2.23. The number of methoxy groups -OCH3 is 1. The summed E-state index contributed by atoms with van der Waals surface area (Å²) in [4.78, 5) is 11.7. The fourth-order valence-electron chi connectivity index (χ4n) is 1.83. The van der Waals surface area contributed by atoms with Gasteiger partial charge in [0.2, 0.25) is 0 Å². The van der Waals surface area contributed by atoms with Crippen molar-refractivity contribution in [1.82, 2.24) is 5.32 Å². The van der Waals surface area contributed by atoms with Crippen LogP contribution in [0.25, 0.3) is 0 Å². The Morgan fingerprint density at radius 3 is 2.67 bits per heavy atom. The number of hydrogen-bond donors (Lipinski definition) is 1. The first-order chi connectivity index (χ1) is 10.2. The second-order valence-electron chi connectivity index (χ2n) is 4.37. The van der Waals surface area contributed by atoms with Crippen molar-refractivity contribution in [2.45, 2.75) is 13.2 Å². The van der Waals surface area contributed by atoms with E-state index in [0.29, 0.717) is 6.54 Å². The summed E-state index contributed by atoms with van der Waals surface area (Å²) < 4.78 is 11.3. The van der Waals surface area contributed by atoms with Crippen LogP contribution < -0.4 is 10.1 Å². The molecule has 1 N–H and O–H groups in total. The van der Waals surface area contributed by atoms with Crippen LogP contribution in [-0.4, -0.2) is 13.2 Å². The molecule has 0 aromatic heterocycles. The molecule has 2 aromatic carbocycles. The molecule has 110 valence electrons. The van der Waals surface area contributed by atoms with E-state index >= 15 is 0 Å². The van der Waals surface area contributed by atoms with Crippen molar-refractivity contribution in [3.63, 3.8) is 0 Å². The van der Waals surface area contributed by atoms with E-state index in [4.69, 9.17) is 9.47 Å². The minimum absolute atomic E-state index is 0.252. The Kier molecular flexibility index (Phi) is 5.63. The third kappa shape index (κ3) is 4.79. The maximum absolute atomic E-state index is 11.7. The Hall–Kier alpha value is -2.01. The SMILES string of the molecule is COc1ccc(Br)cc1CNC(=O)OCc1ccccc1. The van der Waals surface area contributed by atoms with Crippen molar-refractivity contribution in [3.05, 3.63) is 64.1 Å². The van der Waals surface area contributed by atoms with Gasteiger partial charge in [-0.05, 0) is 23.8 Å². The number of nitrogens with one attached hydrogen (secondary N) is 1. The maximum atomic E-state index is 11.7. The van der Waals surface area contributed by atoms with Crippen molar-refractivity contribution in [2.75, 3.05) is 7.11 Å². The number of benzene rings is 2. The molecule has 2 rings (SSSR count). The molecule has 0 saturated heterocycles. The van der Waals surface area contributed by atoms with Gasteiger partial charge in [-0.15, -0.1) is 0 Å². The number of carbonyl (C=O) groups excluding carboxylic acids is 1. The number of halogens is 1. The fraction of sp³-hybridized carbons (Fsp3) is 0.188. The summed E-state index contributed by atoms with van der Waals surface area (Å²) in [6.07, 6.45) is -0.458. The summed E-state index contributed by atoms with van der Waals surface area (Å²) in [5, 5.41) is 2.71. The monoisotopic (exact) mass is 349 g/mol. The highest BCUT2D eigenvalue weighted by molar-refractivity contribution is 9.10. The van der Waals surface area contributed by atoms with Gasteiger partial charge in [-0.25, -0.2) is 4.79 Å². The van der Waals surface area contributed by atoms with Crippen LogP contribution >= 0.6 is 15.9 Å². The van der Waals surface area contributed by atoms with Gasteiger partial charge in [0.1, 0.15) is 12.4 Å². The van der Waals surface area contributed by atoms with E-state index in [9.17, 15) is 4.79 Å². The van der Waals surface area contributed by atoms with E-state index in [1.807, 2.05) is 48.5 Å². The number of ether oxygens (including phenoxy) is 2. The molecule has 0 atom stereocenters. The summed E-state index contributed by atoms with van der Waals surface area (Å²) >= 11 is 3.39. The van der Waals surface area contributed by atoms with Crippen molar-refractivity contribution >= 4 is 22.0 Å². The molecular formula is C16H16BrNO3. The molecule has 0 spiro atoms. The topological polar surface area (TPSA) is 47.6 Å². The van der Waals surface area contributed by atoms with Crippen molar-refractivity contribution < 1.29 is 14.3 Å². The fourth-order valence-corrected chi connectivity index (χ4v) is 2.24. The van der Waals surface area contributed by atoms with Gasteiger partial charge in [0.05, 0.1) is 7.11 Å². The van der Waals surface area contributed by atoms with Crippen molar-refractivity contribution in [1.29, 1.82) is 0 Å². The Balaban J connectivity index is 1.85. The van der Waals surface area contributed by atoms with Crippen LogP contribution in [0.3, 0.4) is 0 Å². The van der Waals surface area contributed by atoms with Crippen molar-refractivity contribution in [2.24, 2.45) is 0 Å². The molecule has 0 bridgehead atoms. The molecule has 2 aromatic rings. The predicted octanol–water partition coefficient (Wildman–Crippen LogP) is 3.88. The summed E-state index contributed by atoms with van der Waals surface area (Å²) in [5.41, 5.74) is 1.83. The lowest BCUT2D eigenvalue weighted by molar-refractivity contribution is 0.139. The molecule has 0 heterocycles. The van der Waals surface area contributed by atoms with Crippen LogP contribution in [0.2, 0.25) is 0 Å². The molecule has 0 saturated carbocycles. The summed E-state index contributed by atoms with van der Waals surface area (Å²) in [6.45, 7) is 0.596. The van der Waals surface area contributed by atoms with Crippen LogP contribution in [0.1, 0.15) is 11.1 Å². The second kappa shape index (κ2) is 7.69. The van der Waals surface area contributed by atoms with Gasteiger partial charge in [0.15, 0.2) is 0 Å². The maximum Gasteiger partial charge on any atom is 0.407 e. The van der Waals surface area contributed by atoms with Gasteiger partial charge in [0.25, 0.3) is 0 Å². The summed E-state index contributed by atoms with van der Waals surface area (Å²) in [7, 11) is 1.60. The van der Waals surface area contributed by atoms with Gasteiger partial charge in [0, 0.05) is 16.6 Å². The van der Waals surface area contributed by atoms with E-state index in [1.54, 1.807) is 7.11 Å². The molecule has 0 unspecified atom stereocenters. The molecule has 0 radical (unpaired) electrons. The van der Waals surface area contributed by atoms with E-state index in [-0.39, 0.29) is 6.61 Å². The zero-order valence-electron chi connectivity index (χ0n) is 11.6. The molecule has 5 heteroatoms. The number of hydrogen-bond acceptors (Lipinski definition) is 3. The van der Waals surface area contributed by atoms with E-state index in [0.717, 1.165) is 21.3 Å². The number of alkyl carbamates (subject to hydrolysis) is 1. The van der Waals surface area contributed by atoms with Crippen LogP contribution in [0.4, 0.5) is 4.79 Å². The molecular weight excluding hydrogens is 334 g/mol. The normalized spacial score (nSPS) is 10.0. The highest BCUT2D eigenvalue weighted by atomic mass is 79.9. The van der Waals surface area contributed by atoms with Gasteiger partial charge in [-0.1, -0.05) is 46.3 Å². The molecule has 0 fully saturated rings. The second-order valence-corrected chi connectivity index (χ2v) is 5.29. The van der Waals surface area contributed by atoms with Crippen molar-refractivity contribution in [3.8, 4) is 5.75 Å². The van der Waals surface area contributed by atoms with Gasteiger partial charge < -0.3 is 14.8 Å². The van der Waals surface area contributed by atoms with Crippen LogP contribution in [0.15, 0.2) is 53.0 Å². The average Bonchev–Trinajstić information content (AvgIpc) is 2.52. The zero-order chi connectivity index (χ0) is 15.1. The predicted molar refractivity (Wildman–Crippen MR) is 84.2 cm³/mol. The largest absolute Gasteiger partial charge is 0.496 e. The molecule has 0 aliphatic carbocycles. The van der Waals surface area contributed by atoms with Gasteiger partial charge >= 0.3 is 6.09 Å². The van der Waals surface area contributed by atoms with E-state index < -0.39 is 6.09 Å². The molecule has 4 nitrogen and oxygen atoms in total. The van der Waals surface area contributed by atoms with Gasteiger partial charge in [-0.2, -0.15) is 0 Å². The van der Waals surface area contributed by atoms with E-state index in [1.165, 1.54) is 0 Å². The molecule has 1 amide bonds. The molecule has 0 aliphatic rings. The standard InChI is InChI=1S/C16H16BrNO3/c1-20-15-8-7-14(17)9-13(15)10-18-16(19)21-11-12-5-3-2-4-6-12/h2-9H,10-11H2,1H3,(H,18,19). The minimum atomic E-state index is -0.458. The molecule has 0 aliphatic heterocycles. The number of carbonyl (C=O) groups is 1. The number of rotatable bonds is 5. The smallest absolute Gasteiger partial charge is 0.407 e. The summed E-state index contributed by atoms with van der Waals surface area (Å²) in [5.74, 6) is 0.724.